The average Bonchev–Trinajstić information content (AvgIpc) is 3.34. The molecule has 2 atom stereocenters. The van der Waals surface area contributed by atoms with E-state index in [4.69, 9.17) is 14.2 Å². The lowest BCUT2D eigenvalue weighted by atomic mass is 9.99. The van der Waals surface area contributed by atoms with Crippen LogP contribution >= 0.6 is 0 Å². The van der Waals surface area contributed by atoms with Crippen LogP contribution in [-0.2, 0) is 28.6 Å². The summed E-state index contributed by atoms with van der Waals surface area (Å²) in [6.45, 7) is 9.12. The van der Waals surface area contributed by atoms with E-state index < -0.39 is 6.10 Å². The molecule has 0 saturated heterocycles. The van der Waals surface area contributed by atoms with Gasteiger partial charge in [0.2, 0.25) is 0 Å². The summed E-state index contributed by atoms with van der Waals surface area (Å²) >= 11 is 0. The molecule has 404 valence electrons. The third-order valence-corrected chi connectivity index (χ3v) is 14.7. The Hall–Kier alpha value is -1.59. The van der Waals surface area contributed by atoms with Gasteiger partial charge in [0.25, 0.3) is 0 Å². The third kappa shape index (κ3) is 53.8. The predicted molar refractivity (Wildman–Crippen MR) is 293 cm³/mol. The van der Waals surface area contributed by atoms with Crippen molar-refractivity contribution in [3.63, 3.8) is 0 Å². The van der Waals surface area contributed by atoms with Crippen molar-refractivity contribution in [3.8, 4) is 0 Å². The average molecular weight is 962 g/mol. The van der Waals surface area contributed by atoms with Gasteiger partial charge in [-0.2, -0.15) is 0 Å². The molecule has 0 rings (SSSR count). The molecule has 0 bridgehead atoms. The normalized spacial score (nSPS) is 12.4. The van der Waals surface area contributed by atoms with Crippen molar-refractivity contribution in [2.45, 2.75) is 361 Å². The van der Waals surface area contributed by atoms with Crippen molar-refractivity contribution < 1.29 is 28.6 Å². The highest BCUT2D eigenvalue weighted by molar-refractivity contribution is 5.71. The largest absolute Gasteiger partial charge is 0.462 e. The Morgan fingerprint density at radius 3 is 0.765 bits per heavy atom. The minimum atomic E-state index is -0.762. The summed E-state index contributed by atoms with van der Waals surface area (Å²) in [6.07, 6.45) is 62.4. The maximum absolute atomic E-state index is 12.8. The van der Waals surface area contributed by atoms with Crippen molar-refractivity contribution in [1.82, 2.24) is 0 Å². The molecule has 0 aromatic heterocycles. The highest BCUT2D eigenvalue weighted by Gasteiger charge is 2.19. The number of hydrogen-bond donors (Lipinski definition) is 0. The van der Waals surface area contributed by atoms with Gasteiger partial charge < -0.3 is 14.2 Å². The first-order valence-electron chi connectivity index (χ1n) is 30.9. The molecule has 0 aliphatic rings. The van der Waals surface area contributed by atoms with Crippen molar-refractivity contribution in [1.29, 1.82) is 0 Å². The summed E-state index contributed by atoms with van der Waals surface area (Å²) in [5, 5.41) is 0. The van der Waals surface area contributed by atoms with E-state index in [1.54, 1.807) is 0 Å². The van der Waals surface area contributed by atoms with Crippen molar-refractivity contribution in [3.05, 3.63) is 0 Å². The van der Waals surface area contributed by atoms with Crippen LogP contribution < -0.4 is 0 Å². The predicted octanol–water partition coefficient (Wildman–Crippen LogP) is 20.6. The Labute approximate surface area is 425 Å². The fourth-order valence-electron chi connectivity index (χ4n) is 9.60. The topological polar surface area (TPSA) is 78.9 Å². The monoisotopic (exact) mass is 961 g/mol. The van der Waals surface area contributed by atoms with E-state index in [9.17, 15) is 14.4 Å². The summed E-state index contributed by atoms with van der Waals surface area (Å²) in [5.41, 5.74) is 0. The molecular weight excluding hydrogens is 841 g/mol. The molecule has 0 spiro atoms. The first-order valence-corrected chi connectivity index (χ1v) is 30.9. The van der Waals surface area contributed by atoms with E-state index in [1.807, 2.05) is 0 Å². The van der Waals surface area contributed by atoms with Gasteiger partial charge in [-0.25, -0.2) is 0 Å². The van der Waals surface area contributed by atoms with E-state index in [-0.39, 0.29) is 31.1 Å². The molecule has 6 heteroatoms. The molecule has 0 heterocycles. The quantitative estimate of drug-likeness (QED) is 0.0343. The Kier molecular flexibility index (Phi) is 55.0. The first-order chi connectivity index (χ1) is 33.4. The van der Waals surface area contributed by atoms with Crippen LogP contribution in [0.4, 0.5) is 0 Å². The van der Waals surface area contributed by atoms with Gasteiger partial charge in [-0.05, 0) is 25.2 Å². The van der Waals surface area contributed by atoms with Gasteiger partial charge in [0.1, 0.15) is 13.2 Å². The first kappa shape index (κ1) is 66.4. The number of hydrogen-bond acceptors (Lipinski definition) is 6. The lowest BCUT2D eigenvalue weighted by molar-refractivity contribution is -0.167. The molecule has 6 nitrogen and oxygen atoms in total. The lowest BCUT2D eigenvalue weighted by Gasteiger charge is -2.18. The number of unbranched alkanes of at least 4 members (excludes halogenated alkanes) is 43. The summed E-state index contributed by atoms with van der Waals surface area (Å²) in [5.74, 6) is 0.0795. The number of carbonyl (C=O) groups excluding carboxylic acids is 3. The molecular formula is C62H120O6. The number of carbonyl (C=O) groups is 3. The van der Waals surface area contributed by atoms with Crippen LogP contribution in [0.15, 0.2) is 0 Å². The standard InChI is InChI=1S/C62H120O6/c1-5-8-10-12-14-16-18-20-25-30-33-37-41-45-49-53-60(63)66-56-59(68-62(65)55-51-47-43-39-35-28-19-17-15-13-11-9-6-2)57-67-61(64)54-50-46-42-38-34-31-27-24-22-21-23-26-29-32-36-40-44-48-52-58(4)7-3/h58-59H,5-57H2,1-4H3/t58?,59-/m0/s1. The molecule has 0 aromatic carbocycles. The van der Waals surface area contributed by atoms with Crippen LogP contribution in [0, 0.1) is 5.92 Å². The third-order valence-electron chi connectivity index (χ3n) is 14.7. The van der Waals surface area contributed by atoms with Crippen molar-refractivity contribution in [2.24, 2.45) is 5.92 Å². The highest BCUT2D eigenvalue weighted by atomic mass is 16.6. The van der Waals surface area contributed by atoms with Gasteiger partial charge in [0.15, 0.2) is 6.10 Å². The number of esters is 3. The zero-order chi connectivity index (χ0) is 49.5. The van der Waals surface area contributed by atoms with E-state index >= 15 is 0 Å². The minimum Gasteiger partial charge on any atom is -0.462 e. The Morgan fingerprint density at radius 2 is 0.515 bits per heavy atom. The number of rotatable bonds is 57. The van der Waals surface area contributed by atoms with Crippen LogP contribution in [0.1, 0.15) is 355 Å². The molecule has 0 aliphatic heterocycles. The Bertz CT molecular complexity index is 1030. The fourth-order valence-corrected chi connectivity index (χ4v) is 9.60. The van der Waals surface area contributed by atoms with Gasteiger partial charge >= 0.3 is 17.9 Å². The smallest absolute Gasteiger partial charge is 0.306 e. The summed E-state index contributed by atoms with van der Waals surface area (Å²) in [6, 6.07) is 0. The van der Waals surface area contributed by atoms with Gasteiger partial charge in [-0.3, -0.25) is 14.4 Å². The highest BCUT2D eigenvalue weighted by Crippen LogP contribution is 2.19. The SMILES string of the molecule is CCCCCCCCCCCCCCCCCC(=O)OC[C@@H](COC(=O)CCCCCCCCCCCCCCCCCCCCC(C)CC)OC(=O)CCCCCCCCCCCCCCC. The van der Waals surface area contributed by atoms with Crippen LogP contribution in [0.3, 0.4) is 0 Å². The second-order valence-corrected chi connectivity index (χ2v) is 21.6. The van der Waals surface area contributed by atoms with E-state index in [1.165, 1.54) is 250 Å². The maximum Gasteiger partial charge on any atom is 0.306 e. The number of ether oxygens (including phenoxy) is 3. The molecule has 1 unspecified atom stereocenters. The van der Waals surface area contributed by atoms with E-state index in [2.05, 4.69) is 27.7 Å². The van der Waals surface area contributed by atoms with Gasteiger partial charge in [0.05, 0.1) is 0 Å². The molecule has 0 fully saturated rings. The van der Waals surface area contributed by atoms with E-state index in [0.717, 1.165) is 63.7 Å². The van der Waals surface area contributed by atoms with E-state index in [0.29, 0.717) is 19.3 Å². The molecule has 0 radical (unpaired) electrons. The van der Waals surface area contributed by atoms with Crippen LogP contribution in [-0.4, -0.2) is 37.2 Å². The molecule has 0 aliphatic carbocycles. The second-order valence-electron chi connectivity index (χ2n) is 21.6. The lowest BCUT2D eigenvalue weighted by Crippen LogP contribution is -2.30. The van der Waals surface area contributed by atoms with Gasteiger partial charge in [0, 0.05) is 19.3 Å². The van der Waals surface area contributed by atoms with Crippen molar-refractivity contribution >= 4 is 17.9 Å². The fraction of sp³-hybridized carbons (Fsp3) is 0.952. The maximum atomic E-state index is 12.8. The van der Waals surface area contributed by atoms with Crippen LogP contribution in [0.5, 0.6) is 0 Å². The summed E-state index contributed by atoms with van der Waals surface area (Å²) in [4.78, 5) is 38.2. The molecule has 0 aromatic rings. The molecule has 0 saturated carbocycles. The molecule has 0 amide bonds. The van der Waals surface area contributed by atoms with Crippen LogP contribution in [0.2, 0.25) is 0 Å². The van der Waals surface area contributed by atoms with Crippen LogP contribution in [0.25, 0.3) is 0 Å². The van der Waals surface area contributed by atoms with Gasteiger partial charge in [-0.15, -0.1) is 0 Å². The molecule has 0 N–H and O–H groups in total. The van der Waals surface area contributed by atoms with Gasteiger partial charge in [-0.1, -0.05) is 317 Å². The summed E-state index contributed by atoms with van der Waals surface area (Å²) < 4.78 is 16.9. The summed E-state index contributed by atoms with van der Waals surface area (Å²) in [7, 11) is 0. The molecule has 68 heavy (non-hydrogen) atoms. The second kappa shape index (κ2) is 56.3. The Morgan fingerprint density at radius 1 is 0.294 bits per heavy atom. The Balaban J connectivity index is 4.22. The van der Waals surface area contributed by atoms with Crippen molar-refractivity contribution in [2.75, 3.05) is 13.2 Å². The minimum absolute atomic E-state index is 0.0614. The zero-order valence-corrected chi connectivity index (χ0v) is 46.6. The zero-order valence-electron chi connectivity index (χ0n) is 46.6.